The molecule has 0 aromatic carbocycles. The van der Waals surface area contributed by atoms with Crippen LogP contribution in [0.2, 0.25) is 0 Å². The summed E-state index contributed by atoms with van der Waals surface area (Å²) >= 11 is 0. The molecule has 2 unspecified atom stereocenters. The summed E-state index contributed by atoms with van der Waals surface area (Å²) in [5.41, 5.74) is 0. The van der Waals surface area contributed by atoms with Crippen LogP contribution < -0.4 is 0 Å². The highest BCUT2D eigenvalue weighted by Crippen LogP contribution is 2.27. The summed E-state index contributed by atoms with van der Waals surface area (Å²) < 4.78 is 11.4. The number of hydrogen-bond donors (Lipinski definition) is 1. The van der Waals surface area contributed by atoms with Crippen LogP contribution >= 0.6 is 0 Å². The molecule has 0 amide bonds. The summed E-state index contributed by atoms with van der Waals surface area (Å²) in [5, 5.41) is 9.63. The van der Waals surface area contributed by atoms with Gasteiger partial charge in [-0.15, -0.1) is 0 Å². The molecule has 0 heterocycles. The van der Waals surface area contributed by atoms with E-state index in [9.17, 15) is 5.11 Å². The second-order valence-corrected chi connectivity index (χ2v) is 5.72. The van der Waals surface area contributed by atoms with Gasteiger partial charge in [0.1, 0.15) is 0 Å². The average Bonchev–Trinajstić information content (AvgIpc) is 2.38. The third-order valence-corrected chi connectivity index (χ3v) is 4.23. The van der Waals surface area contributed by atoms with E-state index in [1.54, 1.807) is 6.26 Å². The van der Waals surface area contributed by atoms with Crippen LogP contribution in [0.25, 0.3) is 0 Å². The molecule has 104 valence electrons. The van der Waals surface area contributed by atoms with Crippen LogP contribution in [0.4, 0.5) is 0 Å². The van der Waals surface area contributed by atoms with Crippen LogP contribution in [0.3, 0.4) is 0 Å². The molecular weight excluding hydrogens is 228 g/mol. The molecule has 2 aliphatic rings. The van der Waals surface area contributed by atoms with E-state index in [-0.39, 0.29) is 6.10 Å². The molecule has 2 fully saturated rings. The number of ether oxygens (including phenoxy) is 2. The van der Waals surface area contributed by atoms with Crippen molar-refractivity contribution < 1.29 is 14.6 Å². The van der Waals surface area contributed by atoms with Crippen molar-refractivity contribution in [2.45, 2.75) is 69.7 Å². The lowest BCUT2D eigenvalue weighted by molar-refractivity contribution is -0.0335. The molecule has 0 aromatic rings. The lowest BCUT2D eigenvalue weighted by atomic mass is 9.87. The molecule has 0 spiro atoms. The molecule has 0 aromatic heterocycles. The van der Waals surface area contributed by atoms with Gasteiger partial charge in [-0.3, -0.25) is 0 Å². The summed E-state index contributed by atoms with van der Waals surface area (Å²) in [5.74, 6) is 0.566. The van der Waals surface area contributed by atoms with Crippen LogP contribution in [0, 0.1) is 5.92 Å². The Morgan fingerprint density at radius 2 is 1.78 bits per heavy atom. The van der Waals surface area contributed by atoms with Crippen LogP contribution in [0.5, 0.6) is 0 Å². The maximum absolute atomic E-state index is 9.63. The van der Waals surface area contributed by atoms with Crippen molar-refractivity contribution in [3.05, 3.63) is 12.8 Å². The average molecular weight is 254 g/mol. The van der Waals surface area contributed by atoms with Gasteiger partial charge in [-0.25, -0.2) is 0 Å². The molecular formula is C15H26O3. The van der Waals surface area contributed by atoms with E-state index < -0.39 is 0 Å². The lowest BCUT2D eigenvalue weighted by Crippen LogP contribution is -2.29. The largest absolute Gasteiger partial charge is 0.499 e. The molecule has 3 heteroatoms. The Labute approximate surface area is 110 Å². The van der Waals surface area contributed by atoms with Gasteiger partial charge in [-0.2, -0.15) is 0 Å². The minimum absolute atomic E-state index is 0.0934. The van der Waals surface area contributed by atoms with E-state index in [0.29, 0.717) is 18.1 Å². The van der Waals surface area contributed by atoms with Gasteiger partial charge in [0.15, 0.2) is 0 Å². The van der Waals surface area contributed by atoms with Gasteiger partial charge < -0.3 is 14.6 Å². The van der Waals surface area contributed by atoms with Crippen LogP contribution in [-0.4, -0.2) is 30.0 Å². The van der Waals surface area contributed by atoms with Gasteiger partial charge in [-0.05, 0) is 50.9 Å². The SMILES string of the molecule is C=COC1CCC(OCC2CCCC(O)C2)CC1. The third-order valence-electron chi connectivity index (χ3n) is 4.23. The second-order valence-electron chi connectivity index (χ2n) is 5.72. The van der Waals surface area contributed by atoms with Crippen molar-refractivity contribution in [3.8, 4) is 0 Å². The minimum Gasteiger partial charge on any atom is -0.499 e. The molecule has 2 aliphatic carbocycles. The van der Waals surface area contributed by atoms with Gasteiger partial charge >= 0.3 is 0 Å². The molecule has 0 saturated heterocycles. The van der Waals surface area contributed by atoms with Crippen molar-refractivity contribution in [2.75, 3.05) is 6.61 Å². The van der Waals surface area contributed by atoms with Crippen molar-refractivity contribution in [1.82, 2.24) is 0 Å². The molecule has 0 radical (unpaired) electrons. The molecule has 3 nitrogen and oxygen atoms in total. The monoisotopic (exact) mass is 254 g/mol. The van der Waals surface area contributed by atoms with Crippen LogP contribution in [0.1, 0.15) is 51.4 Å². The van der Waals surface area contributed by atoms with E-state index in [0.717, 1.165) is 51.6 Å². The number of rotatable bonds is 5. The maximum atomic E-state index is 9.63. The first kappa shape index (κ1) is 13.9. The van der Waals surface area contributed by atoms with Crippen molar-refractivity contribution in [1.29, 1.82) is 0 Å². The van der Waals surface area contributed by atoms with Crippen LogP contribution in [-0.2, 0) is 9.47 Å². The molecule has 2 rings (SSSR count). The molecule has 2 saturated carbocycles. The van der Waals surface area contributed by atoms with Crippen molar-refractivity contribution in [2.24, 2.45) is 5.92 Å². The quantitative estimate of drug-likeness (QED) is 0.766. The zero-order chi connectivity index (χ0) is 12.8. The maximum Gasteiger partial charge on any atom is 0.0980 e. The topological polar surface area (TPSA) is 38.7 Å². The molecule has 2 atom stereocenters. The molecule has 1 N–H and O–H groups in total. The fraction of sp³-hybridized carbons (Fsp3) is 0.867. The zero-order valence-corrected chi connectivity index (χ0v) is 11.2. The van der Waals surface area contributed by atoms with E-state index >= 15 is 0 Å². The van der Waals surface area contributed by atoms with Gasteiger partial charge in [0.2, 0.25) is 0 Å². The zero-order valence-electron chi connectivity index (χ0n) is 11.2. The van der Waals surface area contributed by atoms with E-state index in [4.69, 9.17) is 9.47 Å². The lowest BCUT2D eigenvalue weighted by Gasteiger charge is -2.31. The second kappa shape index (κ2) is 7.15. The van der Waals surface area contributed by atoms with Crippen LogP contribution in [0.15, 0.2) is 12.8 Å². The smallest absolute Gasteiger partial charge is 0.0980 e. The van der Waals surface area contributed by atoms with Crippen molar-refractivity contribution >= 4 is 0 Å². The highest BCUT2D eigenvalue weighted by molar-refractivity contribution is 4.76. The summed E-state index contributed by atoms with van der Waals surface area (Å²) in [6, 6.07) is 0. The Hall–Kier alpha value is -0.540. The standard InChI is InChI=1S/C15H26O3/c1-2-17-14-6-8-15(9-7-14)18-11-12-4-3-5-13(16)10-12/h2,12-16H,1,3-11H2. The Balaban J connectivity index is 1.61. The minimum atomic E-state index is -0.0934. The Morgan fingerprint density at radius 1 is 1.06 bits per heavy atom. The predicted octanol–water partition coefficient (Wildman–Crippen LogP) is 3.03. The van der Waals surface area contributed by atoms with E-state index in [2.05, 4.69) is 6.58 Å². The third kappa shape index (κ3) is 4.29. The summed E-state index contributed by atoms with van der Waals surface area (Å²) in [7, 11) is 0. The van der Waals surface area contributed by atoms with Gasteiger partial charge in [0, 0.05) is 6.61 Å². The van der Waals surface area contributed by atoms with E-state index in [1.165, 1.54) is 6.42 Å². The Bertz CT molecular complexity index is 246. The molecule has 0 bridgehead atoms. The normalized spacial score (nSPS) is 37.2. The first-order valence-corrected chi connectivity index (χ1v) is 7.34. The summed E-state index contributed by atoms with van der Waals surface area (Å²) in [6.07, 6.45) is 10.8. The summed E-state index contributed by atoms with van der Waals surface area (Å²) in [4.78, 5) is 0. The highest BCUT2D eigenvalue weighted by atomic mass is 16.5. The number of aliphatic hydroxyl groups is 1. The Kier molecular flexibility index (Phi) is 5.51. The number of aliphatic hydroxyl groups excluding tert-OH is 1. The highest BCUT2D eigenvalue weighted by Gasteiger charge is 2.25. The number of hydrogen-bond acceptors (Lipinski definition) is 3. The van der Waals surface area contributed by atoms with E-state index in [1.807, 2.05) is 0 Å². The fourth-order valence-electron chi connectivity index (χ4n) is 3.16. The predicted molar refractivity (Wildman–Crippen MR) is 71.2 cm³/mol. The molecule has 0 aliphatic heterocycles. The first-order chi connectivity index (χ1) is 8.78. The fourth-order valence-corrected chi connectivity index (χ4v) is 3.16. The summed E-state index contributed by atoms with van der Waals surface area (Å²) in [6.45, 7) is 4.43. The Morgan fingerprint density at radius 3 is 2.44 bits per heavy atom. The first-order valence-electron chi connectivity index (χ1n) is 7.34. The van der Waals surface area contributed by atoms with Gasteiger partial charge in [0.25, 0.3) is 0 Å². The molecule has 18 heavy (non-hydrogen) atoms. The van der Waals surface area contributed by atoms with Crippen molar-refractivity contribution in [3.63, 3.8) is 0 Å². The van der Waals surface area contributed by atoms with Gasteiger partial charge in [-0.1, -0.05) is 13.0 Å². The van der Waals surface area contributed by atoms with Gasteiger partial charge in [0.05, 0.1) is 24.6 Å².